The van der Waals surface area contributed by atoms with Crippen LogP contribution in [0.4, 0.5) is 0 Å². The van der Waals surface area contributed by atoms with Crippen molar-refractivity contribution < 1.29 is 4.79 Å². The summed E-state index contributed by atoms with van der Waals surface area (Å²) in [6.45, 7) is 0. The van der Waals surface area contributed by atoms with Gasteiger partial charge in [-0.25, -0.2) is 4.68 Å². The third-order valence-electron chi connectivity index (χ3n) is 4.62. The molecule has 1 aliphatic carbocycles. The second-order valence-electron chi connectivity index (χ2n) is 6.24. The summed E-state index contributed by atoms with van der Waals surface area (Å²) in [6, 6.07) is 8.08. The second kappa shape index (κ2) is 8.23. The zero-order chi connectivity index (χ0) is 17.8. The highest BCUT2D eigenvalue weighted by atomic mass is 79.9. The summed E-state index contributed by atoms with van der Waals surface area (Å²) in [5.74, 6) is 7.14. The first-order valence-corrected chi connectivity index (χ1v) is 10.2. The number of rotatable bonds is 5. The van der Waals surface area contributed by atoms with Crippen molar-refractivity contribution in [1.82, 2.24) is 19.8 Å². The number of carbonyl (C=O) groups is 1. The van der Waals surface area contributed by atoms with Crippen molar-refractivity contribution in [1.29, 1.82) is 0 Å². The van der Waals surface area contributed by atoms with Gasteiger partial charge in [-0.15, -0.1) is 10.2 Å². The first-order chi connectivity index (χ1) is 12.1. The number of nitrogen functional groups attached to an aromatic ring is 1. The van der Waals surface area contributed by atoms with Crippen molar-refractivity contribution >= 4 is 33.6 Å². The zero-order valence-electron chi connectivity index (χ0n) is 14.2. The van der Waals surface area contributed by atoms with Gasteiger partial charge in [-0.3, -0.25) is 4.79 Å². The highest BCUT2D eigenvalue weighted by Gasteiger charge is 2.23. The molecule has 0 spiro atoms. The minimum absolute atomic E-state index is 0.113. The molecular weight excluding hydrogens is 402 g/mol. The molecule has 1 fully saturated rings. The Morgan fingerprint density at radius 1 is 1.32 bits per heavy atom. The van der Waals surface area contributed by atoms with E-state index in [4.69, 9.17) is 5.84 Å². The van der Waals surface area contributed by atoms with Crippen LogP contribution in [0.3, 0.4) is 0 Å². The third-order valence-corrected chi connectivity index (χ3v) is 6.24. The molecule has 0 saturated heterocycles. The molecule has 1 heterocycles. The largest absolute Gasteiger partial charge is 0.342 e. The molecule has 0 radical (unpaired) electrons. The van der Waals surface area contributed by atoms with Gasteiger partial charge in [0.25, 0.3) is 0 Å². The van der Waals surface area contributed by atoms with E-state index in [-0.39, 0.29) is 5.91 Å². The molecule has 3 rings (SSSR count). The van der Waals surface area contributed by atoms with Gasteiger partial charge in [0.1, 0.15) is 0 Å². The average Bonchev–Trinajstić information content (AvgIpc) is 3.00. The number of hydrogen-bond acceptors (Lipinski definition) is 5. The number of halogens is 1. The van der Waals surface area contributed by atoms with Crippen molar-refractivity contribution in [2.24, 2.45) is 0 Å². The number of nitrogens with two attached hydrogens (primary N) is 1. The fourth-order valence-corrected chi connectivity index (χ4v) is 4.34. The highest BCUT2D eigenvalue weighted by Crippen LogP contribution is 2.28. The van der Waals surface area contributed by atoms with Crippen LogP contribution in [-0.4, -0.2) is 44.5 Å². The lowest BCUT2D eigenvalue weighted by Crippen LogP contribution is -2.39. The zero-order valence-corrected chi connectivity index (χ0v) is 16.6. The van der Waals surface area contributed by atoms with Gasteiger partial charge in [-0.05, 0) is 25.0 Å². The number of amides is 1. The van der Waals surface area contributed by atoms with Gasteiger partial charge in [-0.2, -0.15) is 0 Å². The lowest BCUT2D eigenvalue weighted by Gasteiger charge is -2.31. The monoisotopic (exact) mass is 423 g/mol. The van der Waals surface area contributed by atoms with E-state index in [1.165, 1.54) is 35.7 Å². The van der Waals surface area contributed by atoms with Crippen LogP contribution in [0.1, 0.15) is 32.1 Å². The van der Waals surface area contributed by atoms with Gasteiger partial charge in [0.15, 0.2) is 5.82 Å². The number of thioether (sulfide) groups is 1. The molecule has 1 saturated carbocycles. The number of hydrogen-bond donors (Lipinski definition) is 1. The van der Waals surface area contributed by atoms with Crippen molar-refractivity contribution in [3.8, 4) is 11.4 Å². The fraction of sp³-hybridized carbons (Fsp3) is 0.471. The van der Waals surface area contributed by atoms with Crippen LogP contribution in [0.2, 0.25) is 0 Å². The molecule has 0 atom stereocenters. The lowest BCUT2D eigenvalue weighted by atomic mass is 9.94. The minimum Gasteiger partial charge on any atom is -0.342 e. The van der Waals surface area contributed by atoms with Crippen LogP contribution in [0.15, 0.2) is 33.9 Å². The second-order valence-corrected chi connectivity index (χ2v) is 8.04. The van der Waals surface area contributed by atoms with Crippen LogP contribution in [0.5, 0.6) is 0 Å². The van der Waals surface area contributed by atoms with Crippen LogP contribution in [0, 0.1) is 0 Å². The molecule has 1 amide bonds. The molecule has 0 bridgehead atoms. The van der Waals surface area contributed by atoms with E-state index in [1.807, 2.05) is 36.2 Å². The topological polar surface area (TPSA) is 77.0 Å². The maximum Gasteiger partial charge on any atom is 0.233 e. The van der Waals surface area contributed by atoms with E-state index in [1.54, 1.807) is 0 Å². The minimum atomic E-state index is 0.113. The Morgan fingerprint density at radius 3 is 2.76 bits per heavy atom. The van der Waals surface area contributed by atoms with E-state index in [0.717, 1.165) is 22.9 Å². The van der Waals surface area contributed by atoms with Crippen LogP contribution < -0.4 is 5.84 Å². The quantitative estimate of drug-likeness (QED) is 0.589. The smallest absolute Gasteiger partial charge is 0.233 e. The molecular formula is C17H22BrN5OS. The first kappa shape index (κ1) is 18.3. The predicted octanol–water partition coefficient (Wildman–Crippen LogP) is 3.30. The molecule has 25 heavy (non-hydrogen) atoms. The standard InChI is InChI=1S/C17H22BrN5OS/c1-22(12-7-3-2-4-8-12)15(24)11-25-17-21-20-16(23(17)19)13-9-5-6-10-14(13)18/h5-6,9-10,12H,2-4,7-8,11,19H2,1H3. The summed E-state index contributed by atoms with van der Waals surface area (Å²) < 4.78 is 2.34. The Morgan fingerprint density at radius 2 is 2.04 bits per heavy atom. The average molecular weight is 424 g/mol. The van der Waals surface area contributed by atoms with Gasteiger partial charge in [0, 0.05) is 23.1 Å². The molecule has 134 valence electrons. The highest BCUT2D eigenvalue weighted by molar-refractivity contribution is 9.10. The van der Waals surface area contributed by atoms with Crippen molar-refractivity contribution in [3.05, 3.63) is 28.7 Å². The summed E-state index contributed by atoms with van der Waals surface area (Å²) in [7, 11) is 1.90. The molecule has 6 nitrogen and oxygen atoms in total. The van der Waals surface area contributed by atoms with Crippen LogP contribution in [-0.2, 0) is 4.79 Å². The Hall–Kier alpha value is -1.54. The Kier molecular flexibility index (Phi) is 6.01. The van der Waals surface area contributed by atoms with Crippen molar-refractivity contribution in [3.63, 3.8) is 0 Å². The molecule has 8 heteroatoms. The molecule has 1 aromatic carbocycles. The first-order valence-electron chi connectivity index (χ1n) is 8.41. The molecule has 0 unspecified atom stereocenters. The molecule has 0 aliphatic heterocycles. The van der Waals surface area contributed by atoms with Gasteiger partial charge in [0.05, 0.1) is 5.75 Å². The van der Waals surface area contributed by atoms with Crippen LogP contribution in [0.25, 0.3) is 11.4 Å². The summed E-state index contributed by atoms with van der Waals surface area (Å²) in [5, 5.41) is 8.85. The third kappa shape index (κ3) is 4.17. The van der Waals surface area contributed by atoms with E-state index < -0.39 is 0 Å². The van der Waals surface area contributed by atoms with E-state index in [2.05, 4.69) is 26.1 Å². The number of benzene rings is 1. The number of carbonyl (C=O) groups excluding carboxylic acids is 1. The summed E-state index contributed by atoms with van der Waals surface area (Å²) >= 11 is 4.82. The SMILES string of the molecule is CN(C(=O)CSc1nnc(-c2ccccc2Br)n1N)C1CCCCC1. The summed E-state index contributed by atoms with van der Waals surface area (Å²) in [6.07, 6.45) is 5.91. The van der Waals surface area contributed by atoms with Gasteiger partial charge < -0.3 is 10.7 Å². The lowest BCUT2D eigenvalue weighted by molar-refractivity contribution is -0.129. The Bertz CT molecular complexity index is 744. The van der Waals surface area contributed by atoms with Crippen molar-refractivity contribution in [2.75, 3.05) is 18.6 Å². The van der Waals surface area contributed by atoms with Gasteiger partial charge >= 0.3 is 0 Å². The summed E-state index contributed by atoms with van der Waals surface area (Å²) in [4.78, 5) is 14.3. The van der Waals surface area contributed by atoms with E-state index in [0.29, 0.717) is 22.8 Å². The number of aromatic nitrogens is 3. The van der Waals surface area contributed by atoms with E-state index >= 15 is 0 Å². The normalized spacial score (nSPS) is 15.3. The maximum atomic E-state index is 12.5. The van der Waals surface area contributed by atoms with Gasteiger partial charge in [-0.1, -0.05) is 59.1 Å². The number of nitrogens with zero attached hydrogens (tertiary/aromatic N) is 4. The molecule has 1 aliphatic rings. The molecule has 1 aromatic heterocycles. The Balaban J connectivity index is 1.64. The van der Waals surface area contributed by atoms with E-state index in [9.17, 15) is 4.79 Å². The van der Waals surface area contributed by atoms with Crippen molar-refractivity contribution in [2.45, 2.75) is 43.3 Å². The van der Waals surface area contributed by atoms with Gasteiger partial charge in [0.2, 0.25) is 11.1 Å². The molecule has 2 N–H and O–H groups in total. The predicted molar refractivity (Wildman–Crippen MR) is 104 cm³/mol. The maximum absolute atomic E-state index is 12.5. The molecule has 2 aromatic rings. The Labute approximate surface area is 160 Å². The van der Waals surface area contributed by atoms with Crippen LogP contribution >= 0.6 is 27.7 Å². The summed E-state index contributed by atoms with van der Waals surface area (Å²) in [5.41, 5.74) is 0.870. The fourth-order valence-electron chi connectivity index (χ4n) is 3.10.